The third-order valence-corrected chi connectivity index (χ3v) is 5.01. The Balaban J connectivity index is 1.93. The van der Waals surface area contributed by atoms with Crippen LogP contribution in [0.1, 0.15) is 40.2 Å². The van der Waals surface area contributed by atoms with E-state index in [0.29, 0.717) is 0 Å². The second-order valence-electron chi connectivity index (χ2n) is 8.05. The van der Waals surface area contributed by atoms with Crippen LogP contribution >= 0.6 is 0 Å². The molecule has 1 aliphatic heterocycles. The van der Waals surface area contributed by atoms with Crippen molar-refractivity contribution < 1.29 is 9.53 Å². The van der Waals surface area contributed by atoms with E-state index in [0.717, 1.165) is 16.7 Å². The normalized spacial score (nSPS) is 25.0. The zero-order valence-electron chi connectivity index (χ0n) is 16.0. The van der Waals surface area contributed by atoms with E-state index in [1.165, 1.54) is 0 Å². The monoisotopic (exact) mass is 350 g/mol. The molecule has 2 aromatic carbocycles. The molecule has 0 spiro atoms. The highest BCUT2D eigenvalue weighted by Crippen LogP contribution is 2.41. The van der Waals surface area contributed by atoms with Crippen LogP contribution in [0, 0.1) is 0 Å². The number of nitrogens with one attached hydrogen (secondary N) is 1. The Kier molecular flexibility index (Phi) is 4.39. The molecule has 4 heteroatoms. The van der Waals surface area contributed by atoms with E-state index in [4.69, 9.17) is 4.74 Å². The van der Waals surface area contributed by atoms with Crippen molar-refractivity contribution in [1.29, 1.82) is 0 Å². The van der Waals surface area contributed by atoms with E-state index >= 15 is 0 Å². The lowest BCUT2D eigenvalue weighted by Gasteiger charge is -2.39. The average molecular weight is 350 g/mol. The maximum absolute atomic E-state index is 12.9. The Morgan fingerprint density at radius 1 is 0.962 bits per heavy atom. The summed E-state index contributed by atoms with van der Waals surface area (Å²) in [6.07, 6.45) is 1.61. The summed E-state index contributed by atoms with van der Waals surface area (Å²) in [6, 6.07) is 18.4. The molecule has 2 aromatic rings. The number of rotatable bonds is 3. The van der Waals surface area contributed by atoms with Gasteiger partial charge in [-0.25, -0.2) is 4.79 Å². The van der Waals surface area contributed by atoms with E-state index < -0.39 is 16.7 Å². The van der Waals surface area contributed by atoms with Gasteiger partial charge in [-0.1, -0.05) is 54.6 Å². The van der Waals surface area contributed by atoms with Crippen LogP contribution in [-0.4, -0.2) is 23.4 Å². The zero-order valence-corrected chi connectivity index (χ0v) is 16.0. The topological polar surface area (TPSA) is 50.7 Å². The molecule has 0 fully saturated rings. The number of ether oxygens (including phenoxy) is 1. The molecule has 4 nitrogen and oxygen atoms in total. The summed E-state index contributed by atoms with van der Waals surface area (Å²) in [5.74, 6) is -0.308. The van der Waals surface area contributed by atoms with Crippen molar-refractivity contribution in [1.82, 2.24) is 5.32 Å². The van der Waals surface area contributed by atoms with Gasteiger partial charge in [0.1, 0.15) is 11.1 Å². The Morgan fingerprint density at radius 3 is 2.12 bits per heavy atom. The minimum atomic E-state index is -0.964. The third-order valence-electron chi connectivity index (χ3n) is 5.01. The Bertz CT molecular complexity index is 821. The summed E-state index contributed by atoms with van der Waals surface area (Å²) in [5, 5.41) is 3.12. The van der Waals surface area contributed by atoms with Crippen LogP contribution < -0.4 is 5.32 Å². The standard InChI is InChI=1S/C22H26N2O2/c1-20(2,3)26-19(25)22(5)21(4,23-15-24-22)18-13-11-17(12-14-18)16-9-7-6-8-10-16/h6-15H,1-5H3,(H,23,24)/t21-,22-/m0/s1. The van der Waals surface area contributed by atoms with Gasteiger partial charge in [0, 0.05) is 0 Å². The number of nitrogens with zero attached hydrogens (tertiary/aromatic N) is 1. The zero-order chi connectivity index (χ0) is 19.0. The summed E-state index contributed by atoms with van der Waals surface area (Å²) in [5.41, 5.74) is 0.993. The van der Waals surface area contributed by atoms with E-state index in [9.17, 15) is 4.79 Å². The number of carbonyl (C=O) groups excluding carboxylic acids is 1. The molecule has 136 valence electrons. The smallest absolute Gasteiger partial charge is 0.334 e. The van der Waals surface area contributed by atoms with E-state index in [2.05, 4.69) is 34.6 Å². The third kappa shape index (κ3) is 3.12. The molecule has 0 saturated heterocycles. The fourth-order valence-corrected chi connectivity index (χ4v) is 3.18. The molecule has 2 atom stereocenters. The van der Waals surface area contributed by atoms with Crippen molar-refractivity contribution in [2.45, 2.75) is 51.3 Å². The number of benzene rings is 2. The van der Waals surface area contributed by atoms with Gasteiger partial charge < -0.3 is 10.1 Å². The quantitative estimate of drug-likeness (QED) is 0.840. The second-order valence-corrected chi connectivity index (χ2v) is 8.05. The Hall–Kier alpha value is -2.62. The van der Waals surface area contributed by atoms with Gasteiger partial charge in [0.05, 0.1) is 6.34 Å². The highest BCUT2D eigenvalue weighted by atomic mass is 16.6. The first kappa shape index (κ1) is 18.2. The first-order valence-electron chi connectivity index (χ1n) is 8.86. The van der Waals surface area contributed by atoms with Crippen molar-refractivity contribution in [2.24, 2.45) is 4.99 Å². The van der Waals surface area contributed by atoms with Crippen LogP contribution in [0.3, 0.4) is 0 Å². The minimum absolute atomic E-state index is 0.308. The molecule has 0 saturated carbocycles. The lowest BCUT2D eigenvalue weighted by Crippen LogP contribution is -2.59. The maximum atomic E-state index is 12.9. The molecule has 0 unspecified atom stereocenters. The van der Waals surface area contributed by atoms with Gasteiger partial charge in [-0.2, -0.15) is 0 Å². The van der Waals surface area contributed by atoms with Crippen molar-refractivity contribution >= 4 is 12.3 Å². The molecule has 26 heavy (non-hydrogen) atoms. The van der Waals surface area contributed by atoms with Crippen molar-refractivity contribution in [3.63, 3.8) is 0 Å². The van der Waals surface area contributed by atoms with Gasteiger partial charge >= 0.3 is 5.97 Å². The number of esters is 1. The average Bonchev–Trinajstić information content (AvgIpc) is 2.92. The SMILES string of the molecule is CC(C)(C)OC(=O)[C@]1(C)NC=N[C@@]1(C)c1ccc(-c2ccccc2)cc1. The molecular weight excluding hydrogens is 324 g/mol. The molecule has 1 N–H and O–H groups in total. The lowest BCUT2D eigenvalue weighted by molar-refractivity contribution is -0.164. The van der Waals surface area contributed by atoms with Crippen LogP contribution in [0.4, 0.5) is 0 Å². The van der Waals surface area contributed by atoms with Gasteiger partial charge in [0.15, 0.2) is 5.54 Å². The summed E-state index contributed by atoms with van der Waals surface area (Å²) in [6.45, 7) is 9.42. The number of carbonyl (C=O) groups is 1. The first-order chi connectivity index (χ1) is 12.2. The second kappa shape index (κ2) is 6.27. The number of hydrogen-bond donors (Lipinski definition) is 1. The highest BCUT2D eigenvalue weighted by molar-refractivity contribution is 5.88. The molecule has 0 aromatic heterocycles. The molecular formula is C22H26N2O2. The highest BCUT2D eigenvalue weighted by Gasteiger charge is 2.55. The van der Waals surface area contributed by atoms with Crippen molar-refractivity contribution in [3.05, 3.63) is 60.2 Å². The van der Waals surface area contributed by atoms with Crippen LogP contribution in [-0.2, 0) is 15.1 Å². The van der Waals surface area contributed by atoms with Gasteiger partial charge in [-0.05, 0) is 51.3 Å². The van der Waals surface area contributed by atoms with Crippen LogP contribution in [0.5, 0.6) is 0 Å². The molecule has 0 bridgehead atoms. The molecule has 0 aliphatic carbocycles. The van der Waals surface area contributed by atoms with Crippen molar-refractivity contribution in [2.75, 3.05) is 0 Å². The fourth-order valence-electron chi connectivity index (χ4n) is 3.18. The molecule has 3 rings (SSSR count). The summed E-state index contributed by atoms with van der Waals surface area (Å²) >= 11 is 0. The minimum Gasteiger partial charge on any atom is -0.458 e. The number of hydrogen-bond acceptors (Lipinski definition) is 4. The van der Waals surface area contributed by atoms with Gasteiger partial charge in [-0.15, -0.1) is 0 Å². The predicted molar refractivity (Wildman–Crippen MR) is 105 cm³/mol. The maximum Gasteiger partial charge on any atom is 0.334 e. The molecule has 1 aliphatic rings. The molecule has 0 amide bonds. The van der Waals surface area contributed by atoms with Crippen molar-refractivity contribution in [3.8, 4) is 11.1 Å². The Morgan fingerprint density at radius 2 is 1.54 bits per heavy atom. The van der Waals surface area contributed by atoms with E-state index in [1.54, 1.807) is 6.34 Å². The van der Waals surface area contributed by atoms with Gasteiger partial charge in [-0.3, -0.25) is 4.99 Å². The number of aliphatic imine (C=N–C) groups is 1. The fraction of sp³-hybridized carbons (Fsp3) is 0.364. The summed E-state index contributed by atoms with van der Waals surface area (Å²) in [7, 11) is 0. The lowest BCUT2D eigenvalue weighted by atomic mass is 9.75. The summed E-state index contributed by atoms with van der Waals surface area (Å²) < 4.78 is 5.65. The van der Waals surface area contributed by atoms with E-state index in [-0.39, 0.29) is 5.97 Å². The van der Waals surface area contributed by atoms with Gasteiger partial charge in [0.2, 0.25) is 0 Å². The van der Waals surface area contributed by atoms with Crippen LogP contribution in [0.2, 0.25) is 0 Å². The first-order valence-corrected chi connectivity index (χ1v) is 8.86. The van der Waals surface area contributed by atoms with Crippen LogP contribution in [0.25, 0.3) is 11.1 Å². The molecule has 1 heterocycles. The predicted octanol–water partition coefficient (Wildman–Crippen LogP) is 4.30. The van der Waals surface area contributed by atoms with E-state index in [1.807, 2.05) is 65.0 Å². The van der Waals surface area contributed by atoms with Crippen LogP contribution in [0.15, 0.2) is 59.6 Å². The Labute approximate surface area is 155 Å². The molecule has 0 radical (unpaired) electrons. The largest absolute Gasteiger partial charge is 0.458 e. The van der Waals surface area contributed by atoms with Gasteiger partial charge in [0.25, 0.3) is 0 Å². The summed E-state index contributed by atoms with van der Waals surface area (Å²) in [4.78, 5) is 17.5.